The molecule has 0 saturated carbocycles. The molecule has 5 heteroatoms. The van der Waals surface area contributed by atoms with Crippen molar-refractivity contribution in [3.63, 3.8) is 0 Å². The van der Waals surface area contributed by atoms with Crippen LogP contribution in [0.3, 0.4) is 0 Å². The second-order valence-corrected chi connectivity index (χ2v) is 9.44. The molecule has 2 N–H and O–H groups in total. The summed E-state index contributed by atoms with van der Waals surface area (Å²) in [5.74, 6) is 0. The van der Waals surface area contributed by atoms with E-state index < -0.39 is 15.0 Å². The molecule has 0 amide bonds. The van der Waals surface area contributed by atoms with Crippen molar-refractivity contribution >= 4 is 10.1 Å². The first-order valence-corrected chi connectivity index (χ1v) is 11.9. The zero-order valence-corrected chi connectivity index (χ0v) is 17.8. The van der Waals surface area contributed by atoms with Crippen molar-refractivity contribution < 1.29 is 12.6 Å². The van der Waals surface area contributed by atoms with Gasteiger partial charge in [0.25, 0.3) is 10.1 Å². The smallest absolute Gasteiger partial charge is 0.285 e. The van der Waals surface area contributed by atoms with Crippen LogP contribution in [0.25, 0.3) is 0 Å². The lowest BCUT2D eigenvalue weighted by molar-refractivity contribution is 0.345. The van der Waals surface area contributed by atoms with Gasteiger partial charge in [-0.1, -0.05) is 104 Å². The first-order valence-electron chi connectivity index (χ1n) is 10.5. The van der Waals surface area contributed by atoms with Crippen LogP contribution in [0, 0.1) is 0 Å². The van der Waals surface area contributed by atoms with E-state index in [1.165, 1.54) is 84.2 Å². The molecule has 0 radical (unpaired) electrons. The molecular formula is C20H43NO3S. The number of hydrogen-bond donors (Lipinski definition) is 1. The molecule has 0 bridgehead atoms. The maximum Gasteiger partial charge on any atom is 0.285 e. The van der Waals surface area contributed by atoms with Crippen LogP contribution in [0.15, 0.2) is 0 Å². The summed E-state index contributed by atoms with van der Waals surface area (Å²) in [5, 5.41) is 0. The van der Waals surface area contributed by atoms with Crippen molar-refractivity contribution in [3.05, 3.63) is 0 Å². The van der Waals surface area contributed by atoms with Crippen molar-refractivity contribution in [2.45, 2.75) is 121 Å². The van der Waals surface area contributed by atoms with E-state index in [1.807, 2.05) is 0 Å². The van der Waals surface area contributed by atoms with Gasteiger partial charge in [0.15, 0.2) is 0 Å². The van der Waals surface area contributed by atoms with Crippen LogP contribution in [0.5, 0.6) is 0 Å². The van der Waals surface area contributed by atoms with Gasteiger partial charge in [0.1, 0.15) is 4.87 Å². The van der Waals surface area contributed by atoms with Crippen molar-refractivity contribution in [2.24, 2.45) is 5.73 Å². The number of nitrogens with two attached hydrogens (primary N) is 1. The molecule has 0 heterocycles. The molecule has 0 aliphatic heterocycles. The van der Waals surface area contributed by atoms with Crippen LogP contribution in [0.1, 0.15) is 117 Å². The van der Waals surface area contributed by atoms with Gasteiger partial charge < -0.3 is 5.73 Å². The fraction of sp³-hybridized carbons (Fsp3) is 1.00. The van der Waals surface area contributed by atoms with Crippen molar-refractivity contribution in [1.29, 1.82) is 0 Å². The Hall–Kier alpha value is -0.130. The summed E-state index contributed by atoms with van der Waals surface area (Å²) in [5.41, 5.74) is 6.02. The molecule has 25 heavy (non-hydrogen) atoms. The van der Waals surface area contributed by atoms with Crippen LogP contribution in [0.2, 0.25) is 0 Å². The summed E-state index contributed by atoms with van der Waals surface area (Å²) >= 11 is 0. The zero-order valence-electron chi connectivity index (χ0n) is 17.0. The molecule has 0 rings (SSSR count). The molecule has 152 valence electrons. The minimum Gasteiger partial charge on any atom is -0.311 e. The molecular weight excluding hydrogens is 334 g/mol. The van der Waals surface area contributed by atoms with Crippen LogP contribution < -0.4 is 5.73 Å². The van der Waals surface area contributed by atoms with E-state index in [2.05, 4.69) is 11.1 Å². The molecule has 0 aliphatic rings. The Kier molecular flexibility index (Phi) is 14.9. The highest BCUT2D eigenvalue weighted by atomic mass is 32.2. The summed E-state index contributed by atoms with van der Waals surface area (Å²) in [6.45, 7) is 4.07. The van der Waals surface area contributed by atoms with Crippen LogP contribution >= 0.6 is 0 Å². The van der Waals surface area contributed by atoms with Crippen molar-refractivity contribution in [3.8, 4) is 0 Å². The third kappa shape index (κ3) is 11.2. The van der Waals surface area contributed by atoms with Gasteiger partial charge in [-0.25, -0.2) is 0 Å². The van der Waals surface area contributed by atoms with Gasteiger partial charge in [-0.15, -0.1) is 0 Å². The maximum absolute atomic E-state index is 11.9. The summed E-state index contributed by atoms with van der Waals surface area (Å²) < 4.78 is 28.4. The number of rotatable bonds is 18. The van der Waals surface area contributed by atoms with Gasteiger partial charge in [-0.2, -0.15) is 8.42 Å². The molecule has 0 spiro atoms. The van der Waals surface area contributed by atoms with Gasteiger partial charge in [-0.3, -0.25) is 4.18 Å². The Morgan fingerprint density at radius 1 is 0.720 bits per heavy atom. The highest BCUT2D eigenvalue weighted by molar-refractivity contribution is 7.88. The van der Waals surface area contributed by atoms with Gasteiger partial charge in [0, 0.05) is 0 Å². The lowest BCUT2D eigenvalue weighted by atomic mass is 10.0. The van der Waals surface area contributed by atoms with E-state index >= 15 is 0 Å². The molecule has 0 fully saturated rings. The third-order valence-corrected chi connectivity index (χ3v) is 7.20. The summed E-state index contributed by atoms with van der Waals surface area (Å²) in [4.78, 5) is -1.22. The largest absolute Gasteiger partial charge is 0.311 e. The predicted molar refractivity (Wildman–Crippen MR) is 108 cm³/mol. The second-order valence-electron chi connectivity index (χ2n) is 7.39. The average Bonchev–Trinajstić information content (AvgIpc) is 2.61. The highest BCUT2D eigenvalue weighted by Gasteiger charge is 2.37. The number of hydrogen-bond acceptors (Lipinski definition) is 4. The average molecular weight is 378 g/mol. The quantitative estimate of drug-likeness (QED) is 0.238. The Labute approximate surface area is 157 Å². The number of unbranched alkanes of at least 4 members (excludes halogenated alkanes) is 13. The Morgan fingerprint density at radius 2 is 1.08 bits per heavy atom. The zero-order chi connectivity index (χ0) is 19.0. The van der Waals surface area contributed by atoms with Crippen LogP contribution in [0.4, 0.5) is 0 Å². The molecule has 0 aliphatic carbocycles. The van der Waals surface area contributed by atoms with Crippen molar-refractivity contribution in [2.75, 3.05) is 7.11 Å². The molecule has 1 unspecified atom stereocenters. The first-order chi connectivity index (χ1) is 11.9. The van der Waals surface area contributed by atoms with Crippen molar-refractivity contribution in [1.82, 2.24) is 0 Å². The highest BCUT2D eigenvalue weighted by Crippen LogP contribution is 2.24. The lowest BCUT2D eigenvalue weighted by Gasteiger charge is -2.26. The summed E-state index contributed by atoms with van der Waals surface area (Å²) in [7, 11) is -2.46. The third-order valence-electron chi connectivity index (χ3n) is 5.27. The van der Waals surface area contributed by atoms with Crippen LogP contribution in [-0.2, 0) is 14.3 Å². The van der Waals surface area contributed by atoms with E-state index in [0.29, 0.717) is 12.8 Å². The van der Waals surface area contributed by atoms with Gasteiger partial charge in [0.05, 0.1) is 7.11 Å². The molecule has 4 nitrogen and oxygen atoms in total. The molecule has 0 aromatic heterocycles. The monoisotopic (exact) mass is 377 g/mol. The Bertz CT molecular complexity index is 398. The molecule has 0 aromatic carbocycles. The molecule has 0 saturated heterocycles. The minimum absolute atomic E-state index is 0.390. The van der Waals surface area contributed by atoms with E-state index in [1.54, 1.807) is 6.92 Å². The van der Waals surface area contributed by atoms with Crippen LogP contribution in [-0.4, -0.2) is 20.4 Å². The summed E-state index contributed by atoms with van der Waals surface area (Å²) in [6, 6.07) is 0. The Morgan fingerprint density at radius 3 is 1.40 bits per heavy atom. The van der Waals surface area contributed by atoms with Gasteiger partial charge in [0.2, 0.25) is 0 Å². The van der Waals surface area contributed by atoms with Gasteiger partial charge >= 0.3 is 0 Å². The minimum atomic E-state index is -3.65. The summed E-state index contributed by atoms with van der Waals surface area (Å²) in [6.07, 6.45) is 18.9. The fourth-order valence-electron chi connectivity index (χ4n) is 3.26. The second kappa shape index (κ2) is 15.0. The first kappa shape index (κ1) is 24.9. The normalized spacial score (nSPS) is 14.6. The van der Waals surface area contributed by atoms with E-state index in [0.717, 1.165) is 12.8 Å². The molecule has 1 atom stereocenters. The van der Waals surface area contributed by atoms with E-state index in [4.69, 9.17) is 5.73 Å². The predicted octanol–water partition coefficient (Wildman–Crippen LogP) is 5.90. The molecule has 0 aromatic rings. The van der Waals surface area contributed by atoms with Gasteiger partial charge in [-0.05, 0) is 12.8 Å². The lowest BCUT2D eigenvalue weighted by Crippen LogP contribution is -2.47. The standard InChI is InChI=1S/C20H43NO3S/c1-4-6-7-8-9-10-11-12-13-14-15-16-17-18-19-20(21,5-2)25(22,23)24-3/h4-19,21H2,1-3H3. The topological polar surface area (TPSA) is 69.4 Å². The van der Waals surface area contributed by atoms with E-state index in [9.17, 15) is 8.42 Å². The SMILES string of the molecule is CCCCCCCCCCCCCCCCC(N)(CC)S(=O)(=O)OC. The maximum atomic E-state index is 11.9. The van der Waals surface area contributed by atoms with E-state index in [-0.39, 0.29) is 0 Å². The Balaban J connectivity index is 3.50. The fourth-order valence-corrected chi connectivity index (χ4v) is 4.34.